The zero-order valence-corrected chi connectivity index (χ0v) is 14.4. The second kappa shape index (κ2) is 6.47. The van der Waals surface area contributed by atoms with E-state index in [2.05, 4.69) is 10.3 Å². The standard InChI is InChI=1S/C16H17ClFN3OS/c1-8(19)5-12-9(2)15-16(22-12)11(6-13(17)21-15)20-7-10-3-4-14(18)23-10/h3-4,6,8H,5,7,19H2,1-2H3,(H,20,21)/t8-/m0/s1. The van der Waals surface area contributed by atoms with E-state index in [1.807, 2.05) is 13.8 Å². The van der Waals surface area contributed by atoms with Crippen molar-refractivity contribution in [3.05, 3.63) is 44.7 Å². The molecular weight excluding hydrogens is 337 g/mol. The normalized spacial score (nSPS) is 12.7. The molecule has 4 nitrogen and oxygen atoms in total. The van der Waals surface area contributed by atoms with E-state index in [0.29, 0.717) is 23.7 Å². The number of rotatable bonds is 5. The van der Waals surface area contributed by atoms with Crippen molar-refractivity contribution in [2.24, 2.45) is 5.73 Å². The summed E-state index contributed by atoms with van der Waals surface area (Å²) in [5, 5.41) is 3.43. The third-order valence-corrected chi connectivity index (χ3v) is 4.60. The van der Waals surface area contributed by atoms with Gasteiger partial charge in [-0.3, -0.25) is 0 Å². The monoisotopic (exact) mass is 353 g/mol. The fraction of sp³-hybridized carbons (Fsp3) is 0.312. The molecule has 0 saturated heterocycles. The van der Waals surface area contributed by atoms with Gasteiger partial charge in [0.05, 0.1) is 5.69 Å². The number of nitrogens with two attached hydrogens (primary N) is 1. The first-order valence-electron chi connectivity index (χ1n) is 7.26. The number of furan rings is 1. The van der Waals surface area contributed by atoms with Crippen LogP contribution in [0.15, 0.2) is 22.6 Å². The van der Waals surface area contributed by atoms with Gasteiger partial charge in [0.25, 0.3) is 0 Å². The molecule has 0 amide bonds. The van der Waals surface area contributed by atoms with E-state index in [4.69, 9.17) is 21.8 Å². The fourth-order valence-corrected chi connectivity index (χ4v) is 3.30. The zero-order chi connectivity index (χ0) is 16.6. The van der Waals surface area contributed by atoms with Crippen LogP contribution in [0.4, 0.5) is 10.1 Å². The van der Waals surface area contributed by atoms with Crippen molar-refractivity contribution < 1.29 is 8.81 Å². The average Bonchev–Trinajstić information content (AvgIpc) is 3.02. The predicted molar refractivity (Wildman–Crippen MR) is 92.7 cm³/mol. The lowest BCUT2D eigenvalue weighted by atomic mass is 10.1. The number of aryl methyl sites for hydroxylation is 1. The van der Waals surface area contributed by atoms with Crippen molar-refractivity contribution in [3.8, 4) is 0 Å². The maximum absolute atomic E-state index is 13.1. The lowest BCUT2D eigenvalue weighted by Gasteiger charge is -2.06. The van der Waals surface area contributed by atoms with Crippen LogP contribution in [0.5, 0.6) is 0 Å². The molecule has 3 heterocycles. The lowest BCUT2D eigenvalue weighted by Crippen LogP contribution is -2.17. The summed E-state index contributed by atoms with van der Waals surface area (Å²) in [6, 6.07) is 4.92. The van der Waals surface area contributed by atoms with Gasteiger partial charge in [-0.25, -0.2) is 4.98 Å². The van der Waals surface area contributed by atoms with E-state index >= 15 is 0 Å². The molecule has 0 radical (unpaired) electrons. The Morgan fingerprint density at radius 1 is 1.48 bits per heavy atom. The van der Waals surface area contributed by atoms with Crippen molar-refractivity contribution in [2.75, 3.05) is 5.32 Å². The van der Waals surface area contributed by atoms with Crippen molar-refractivity contribution in [3.63, 3.8) is 0 Å². The minimum absolute atomic E-state index is 0.00441. The molecule has 3 aromatic rings. The van der Waals surface area contributed by atoms with E-state index in [0.717, 1.165) is 38.7 Å². The Bertz CT molecular complexity index is 843. The van der Waals surface area contributed by atoms with Gasteiger partial charge < -0.3 is 15.5 Å². The average molecular weight is 354 g/mol. The first-order chi connectivity index (χ1) is 10.9. The molecule has 23 heavy (non-hydrogen) atoms. The van der Waals surface area contributed by atoms with Gasteiger partial charge in [0.1, 0.15) is 16.4 Å². The zero-order valence-electron chi connectivity index (χ0n) is 12.8. The summed E-state index contributed by atoms with van der Waals surface area (Å²) in [7, 11) is 0. The van der Waals surface area contributed by atoms with Crippen molar-refractivity contribution in [1.82, 2.24) is 4.98 Å². The molecule has 0 unspecified atom stereocenters. The second-order valence-corrected chi connectivity index (χ2v) is 7.07. The van der Waals surface area contributed by atoms with Gasteiger partial charge in [0.15, 0.2) is 10.7 Å². The van der Waals surface area contributed by atoms with Crippen LogP contribution < -0.4 is 11.1 Å². The summed E-state index contributed by atoms with van der Waals surface area (Å²) in [4.78, 5) is 5.25. The Kier molecular flexibility index (Phi) is 4.57. The minimum atomic E-state index is -0.201. The van der Waals surface area contributed by atoms with E-state index < -0.39 is 0 Å². The van der Waals surface area contributed by atoms with Gasteiger partial charge in [0.2, 0.25) is 0 Å². The molecule has 0 fully saturated rings. The van der Waals surface area contributed by atoms with Crippen LogP contribution in [0.25, 0.3) is 11.1 Å². The van der Waals surface area contributed by atoms with Crippen LogP contribution >= 0.6 is 22.9 Å². The van der Waals surface area contributed by atoms with Crippen LogP contribution in [0, 0.1) is 12.1 Å². The van der Waals surface area contributed by atoms with E-state index in [9.17, 15) is 4.39 Å². The highest BCUT2D eigenvalue weighted by Gasteiger charge is 2.17. The highest BCUT2D eigenvalue weighted by atomic mass is 35.5. The third-order valence-electron chi connectivity index (χ3n) is 3.53. The third kappa shape index (κ3) is 3.49. The topological polar surface area (TPSA) is 64.1 Å². The summed E-state index contributed by atoms with van der Waals surface area (Å²) in [6.07, 6.45) is 0.634. The Balaban J connectivity index is 1.95. The number of pyridine rings is 1. The number of fused-ring (bicyclic) bond motifs is 1. The molecule has 3 rings (SSSR count). The Labute approximate surface area is 142 Å². The first kappa shape index (κ1) is 16.2. The summed E-state index contributed by atoms with van der Waals surface area (Å²) in [5.41, 5.74) is 8.94. The lowest BCUT2D eigenvalue weighted by molar-refractivity contribution is 0.522. The van der Waals surface area contributed by atoms with Crippen molar-refractivity contribution in [2.45, 2.75) is 32.9 Å². The molecule has 0 bridgehead atoms. The van der Waals surface area contributed by atoms with Gasteiger partial charge in [-0.2, -0.15) is 4.39 Å². The highest BCUT2D eigenvalue weighted by Crippen LogP contribution is 2.32. The second-order valence-electron chi connectivity index (χ2n) is 5.56. The van der Waals surface area contributed by atoms with Crippen LogP contribution in [0.3, 0.4) is 0 Å². The Hall–Kier alpha value is -1.63. The number of nitrogens with zero attached hydrogens (tertiary/aromatic N) is 1. The molecule has 0 aliphatic heterocycles. The largest absolute Gasteiger partial charge is 0.457 e. The molecule has 0 aliphatic rings. The quantitative estimate of drug-likeness (QED) is 0.663. The summed E-state index contributed by atoms with van der Waals surface area (Å²) in [5.74, 6) is 0.815. The molecule has 1 atom stereocenters. The van der Waals surface area contributed by atoms with E-state index in [1.54, 1.807) is 12.1 Å². The van der Waals surface area contributed by atoms with Crippen LogP contribution in [0.1, 0.15) is 23.1 Å². The summed E-state index contributed by atoms with van der Waals surface area (Å²) in [6.45, 7) is 4.37. The van der Waals surface area contributed by atoms with Crippen LogP contribution in [0.2, 0.25) is 5.15 Å². The van der Waals surface area contributed by atoms with Crippen LogP contribution in [-0.4, -0.2) is 11.0 Å². The van der Waals surface area contributed by atoms with Gasteiger partial charge in [-0.05, 0) is 26.0 Å². The Morgan fingerprint density at radius 3 is 2.91 bits per heavy atom. The number of aromatic nitrogens is 1. The predicted octanol–water partition coefficient (Wildman–Crippen LogP) is 4.49. The molecule has 3 aromatic heterocycles. The highest BCUT2D eigenvalue weighted by molar-refractivity contribution is 7.10. The molecule has 3 N–H and O–H groups in total. The van der Waals surface area contributed by atoms with Crippen LogP contribution in [-0.2, 0) is 13.0 Å². The number of nitrogens with one attached hydrogen (secondary N) is 1. The smallest absolute Gasteiger partial charge is 0.176 e. The number of anilines is 1. The number of hydrogen-bond donors (Lipinski definition) is 2. The fourth-order valence-electron chi connectivity index (χ4n) is 2.44. The van der Waals surface area contributed by atoms with Crippen molar-refractivity contribution in [1.29, 1.82) is 0 Å². The van der Waals surface area contributed by atoms with Gasteiger partial charge in [-0.1, -0.05) is 11.6 Å². The van der Waals surface area contributed by atoms with Gasteiger partial charge >= 0.3 is 0 Å². The molecular formula is C16H17ClFN3OS. The van der Waals surface area contributed by atoms with Crippen molar-refractivity contribution >= 4 is 39.7 Å². The maximum atomic E-state index is 13.1. The van der Waals surface area contributed by atoms with Gasteiger partial charge in [0, 0.05) is 35.5 Å². The SMILES string of the molecule is Cc1c(C[C@H](C)N)oc2c(NCc3ccc(F)s3)cc(Cl)nc12. The first-order valence-corrected chi connectivity index (χ1v) is 8.45. The summed E-state index contributed by atoms with van der Waals surface area (Å²) < 4.78 is 19.0. The number of hydrogen-bond acceptors (Lipinski definition) is 5. The maximum Gasteiger partial charge on any atom is 0.176 e. The van der Waals surface area contributed by atoms with E-state index in [-0.39, 0.29) is 11.2 Å². The minimum Gasteiger partial charge on any atom is -0.457 e. The molecule has 0 saturated carbocycles. The molecule has 122 valence electrons. The molecule has 7 heteroatoms. The van der Waals surface area contributed by atoms with Gasteiger partial charge in [-0.15, -0.1) is 11.3 Å². The Morgan fingerprint density at radius 2 is 2.26 bits per heavy atom. The number of thiophene rings is 1. The molecule has 0 aromatic carbocycles. The summed E-state index contributed by atoms with van der Waals surface area (Å²) >= 11 is 7.23. The molecule has 0 spiro atoms. The van der Waals surface area contributed by atoms with E-state index in [1.165, 1.54) is 6.07 Å². The number of halogens is 2. The molecule has 0 aliphatic carbocycles.